The van der Waals surface area contributed by atoms with E-state index in [9.17, 15) is 19.2 Å². The van der Waals surface area contributed by atoms with Gasteiger partial charge in [0.25, 0.3) is 17.7 Å². The van der Waals surface area contributed by atoms with E-state index in [0.717, 1.165) is 0 Å². The normalized spacial score (nSPS) is 20.4. The predicted molar refractivity (Wildman–Crippen MR) is 126 cm³/mol. The van der Waals surface area contributed by atoms with Gasteiger partial charge in [0.1, 0.15) is 12.1 Å². The van der Waals surface area contributed by atoms with Gasteiger partial charge in [-0.25, -0.2) is 5.43 Å². The summed E-state index contributed by atoms with van der Waals surface area (Å²) >= 11 is 0. The lowest BCUT2D eigenvalue weighted by atomic mass is 10.0. The minimum atomic E-state index is -0.831. The SMILES string of the molecule is CC(C)CC(NC(=O)c1ccc(N)cc1)C(=O)N1NC[C@@H]2[C@H]1C(=O)CN2C(=O)c1ccccc1. The van der Waals surface area contributed by atoms with Gasteiger partial charge < -0.3 is 16.0 Å². The summed E-state index contributed by atoms with van der Waals surface area (Å²) in [7, 11) is 0. The number of hydrogen-bond donors (Lipinski definition) is 3. The van der Waals surface area contributed by atoms with E-state index in [0.29, 0.717) is 23.2 Å². The number of benzene rings is 2. The van der Waals surface area contributed by atoms with Crippen LogP contribution in [0.15, 0.2) is 54.6 Å². The van der Waals surface area contributed by atoms with E-state index in [1.807, 2.05) is 19.9 Å². The van der Waals surface area contributed by atoms with Crippen LogP contribution in [0.1, 0.15) is 41.0 Å². The highest BCUT2D eigenvalue weighted by atomic mass is 16.2. The molecule has 4 rings (SSSR count). The highest BCUT2D eigenvalue weighted by Crippen LogP contribution is 2.27. The van der Waals surface area contributed by atoms with E-state index in [1.165, 1.54) is 9.91 Å². The summed E-state index contributed by atoms with van der Waals surface area (Å²) in [5.41, 5.74) is 10.1. The van der Waals surface area contributed by atoms with Crippen LogP contribution in [-0.2, 0) is 9.59 Å². The number of hydrogen-bond acceptors (Lipinski definition) is 6. The zero-order valence-corrected chi connectivity index (χ0v) is 19.2. The number of fused-ring (bicyclic) bond motifs is 1. The van der Waals surface area contributed by atoms with Crippen molar-refractivity contribution in [2.75, 3.05) is 18.8 Å². The van der Waals surface area contributed by atoms with Crippen molar-refractivity contribution in [2.45, 2.75) is 38.4 Å². The van der Waals surface area contributed by atoms with Gasteiger partial charge in [-0.2, -0.15) is 0 Å². The minimum Gasteiger partial charge on any atom is -0.399 e. The molecule has 1 unspecified atom stereocenters. The maximum atomic E-state index is 13.5. The average Bonchev–Trinajstić information content (AvgIpc) is 3.39. The van der Waals surface area contributed by atoms with Crippen LogP contribution in [0.3, 0.4) is 0 Å². The van der Waals surface area contributed by atoms with Crippen molar-refractivity contribution in [3.8, 4) is 0 Å². The van der Waals surface area contributed by atoms with E-state index in [1.54, 1.807) is 48.5 Å². The molecule has 4 N–H and O–H groups in total. The molecule has 2 saturated heterocycles. The Morgan fingerprint density at radius 3 is 2.38 bits per heavy atom. The van der Waals surface area contributed by atoms with E-state index in [2.05, 4.69) is 10.7 Å². The fourth-order valence-electron chi connectivity index (χ4n) is 4.51. The number of carbonyl (C=O) groups excluding carboxylic acids is 4. The van der Waals surface area contributed by atoms with Gasteiger partial charge in [-0.05, 0) is 48.7 Å². The smallest absolute Gasteiger partial charge is 0.260 e. The monoisotopic (exact) mass is 463 g/mol. The zero-order valence-electron chi connectivity index (χ0n) is 19.2. The molecule has 2 heterocycles. The van der Waals surface area contributed by atoms with E-state index in [-0.39, 0.29) is 30.7 Å². The van der Waals surface area contributed by atoms with Crippen molar-refractivity contribution in [1.29, 1.82) is 0 Å². The lowest BCUT2D eigenvalue weighted by Crippen LogP contribution is -2.55. The van der Waals surface area contributed by atoms with Crippen LogP contribution >= 0.6 is 0 Å². The molecule has 2 aromatic carbocycles. The third-order valence-corrected chi connectivity index (χ3v) is 6.17. The number of nitrogens with one attached hydrogen (secondary N) is 2. The summed E-state index contributed by atoms with van der Waals surface area (Å²) in [5.74, 6) is -1.12. The van der Waals surface area contributed by atoms with Crippen molar-refractivity contribution >= 4 is 29.2 Å². The Bertz CT molecular complexity index is 1090. The third kappa shape index (κ3) is 4.65. The summed E-state index contributed by atoms with van der Waals surface area (Å²) in [6, 6.07) is 13.1. The summed E-state index contributed by atoms with van der Waals surface area (Å²) in [6.45, 7) is 4.13. The lowest BCUT2D eigenvalue weighted by molar-refractivity contribution is -0.141. The average molecular weight is 464 g/mol. The Hall–Kier alpha value is -3.72. The lowest BCUT2D eigenvalue weighted by Gasteiger charge is -2.28. The van der Waals surface area contributed by atoms with Gasteiger partial charge in [0.05, 0.1) is 12.6 Å². The number of nitrogen functional groups attached to an aromatic ring is 1. The van der Waals surface area contributed by atoms with Gasteiger partial charge in [0.15, 0.2) is 5.78 Å². The topological polar surface area (TPSA) is 125 Å². The maximum Gasteiger partial charge on any atom is 0.260 e. The molecule has 3 atom stereocenters. The number of Topliss-reactive ketones (excluding diaryl/α,β-unsaturated/α-hetero) is 1. The van der Waals surface area contributed by atoms with Crippen molar-refractivity contribution in [1.82, 2.24) is 20.7 Å². The van der Waals surface area contributed by atoms with Crippen LogP contribution in [-0.4, -0.2) is 64.6 Å². The first-order chi connectivity index (χ1) is 16.3. The van der Waals surface area contributed by atoms with E-state index < -0.39 is 29.9 Å². The first-order valence-electron chi connectivity index (χ1n) is 11.4. The molecule has 178 valence electrons. The van der Waals surface area contributed by atoms with E-state index >= 15 is 0 Å². The number of ketones is 1. The Balaban J connectivity index is 1.51. The number of likely N-dealkylation sites (tertiary alicyclic amines) is 1. The molecule has 2 aromatic rings. The fourth-order valence-corrected chi connectivity index (χ4v) is 4.51. The van der Waals surface area contributed by atoms with Gasteiger partial charge in [0, 0.05) is 23.4 Å². The molecular formula is C25H29N5O4. The van der Waals surface area contributed by atoms with Crippen molar-refractivity contribution in [3.63, 3.8) is 0 Å². The van der Waals surface area contributed by atoms with Crippen LogP contribution in [0.5, 0.6) is 0 Å². The van der Waals surface area contributed by atoms with Gasteiger partial charge in [-0.1, -0.05) is 32.0 Å². The molecule has 0 saturated carbocycles. The van der Waals surface area contributed by atoms with Crippen LogP contribution in [0.2, 0.25) is 0 Å². The Morgan fingerprint density at radius 1 is 1.06 bits per heavy atom. The molecule has 9 heteroatoms. The molecule has 3 amide bonds. The van der Waals surface area contributed by atoms with Crippen molar-refractivity contribution in [3.05, 3.63) is 65.7 Å². The highest BCUT2D eigenvalue weighted by molar-refractivity contribution is 6.03. The molecule has 0 radical (unpaired) electrons. The van der Waals surface area contributed by atoms with Crippen LogP contribution in [0.4, 0.5) is 5.69 Å². The zero-order chi connectivity index (χ0) is 24.4. The highest BCUT2D eigenvalue weighted by Gasteiger charge is 2.52. The van der Waals surface area contributed by atoms with Crippen LogP contribution in [0.25, 0.3) is 0 Å². The first-order valence-corrected chi connectivity index (χ1v) is 11.4. The molecule has 2 fully saturated rings. The Kier molecular flexibility index (Phi) is 6.65. The fraction of sp³-hybridized carbons (Fsp3) is 0.360. The predicted octanol–water partition coefficient (Wildman–Crippen LogP) is 1.22. The second-order valence-corrected chi connectivity index (χ2v) is 9.13. The largest absolute Gasteiger partial charge is 0.399 e. The van der Waals surface area contributed by atoms with Crippen LogP contribution < -0.4 is 16.5 Å². The number of nitrogens with zero attached hydrogens (tertiary/aromatic N) is 2. The minimum absolute atomic E-state index is 0.0544. The summed E-state index contributed by atoms with van der Waals surface area (Å²) in [4.78, 5) is 53.7. The number of amides is 3. The van der Waals surface area contributed by atoms with Gasteiger partial charge >= 0.3 is 0 Å². The second kappa shape index (κ2) is 9.64. The van der Waals surface area contributed by atoms with Crippen molar-refractivity contribution in [2.24, 2.45) is 5.92 Å². The summed E-state index contributed by atoms with van der Waals surface area (Å²) in [6.07, 6.45) is 0.399. The molecule has 2 aliphatic heterocycles. The van der Waals surface area contributed by atoms with E-state index in [4.69, 9.17) is 5.73 Å². The number of hydrazine groups is 1. The maximum absolute atomic E-state index is 13.5. The number of carbonyl (C=O) groups is 4. The molecule has 0 aromatic heterocycles. The molecule has 0 aliphatic carbocycles. The van der Waals surface area contributed by atoms with Gasteiger partial charge in [0.2, 0.25) is 0 Å². The van der Waals surface area contributed by atoms with Gasteiger partial charge in [-0.15, -0.1) is 0 Å². The summed E-state index contributed by atoms with van der Waals surface area (Å²) in [5, 5.41) is 4.12. The second-order valence-electron chi connectivity index (χ2n) is 9.13. The summed E-state index contributed by atoms with van der Waals surface area (Å²) < 4.78 is 0. The quantitative estimate of drug-likeness (QED) is 0.554. The number of rotatable bonds is 6. The molecule has 0 spiro atoms. The van der Waals surface area contributed by atoms with Gasteiger partial charge in [-0.3, -0.25) is 24.2 Å². The molecular weight excluding hydrogens is 434 g/mol. The van der Waals surface area contributed by atoms with Crippen molar-refractivity contribution < 1.29 is 19.2 Å². The Morgan fingerprint density at radius 2 is 1.74 bits per heavy atom. The molecule has 34 heavy (non-hydrogen) atoms. The third-order valence-electron chi connectivity index (χ3n) is 6.17. The Labute approximate surface area is 198 Å². The number of nitrogens with two attached hydrogens (primary N) is 1. The molecule has 0 bridgehead atoms. The first kappa shape index (κ1) is 23.4. The van der Waals surface area contributed by atoms with Crippen LogP contribution in [0, 0.1) is 5.92 Å². The molecule has 9 nitrogen and oxygen atoms in total. The molecule has 2 aliphatic rings. The number of anilines is 1. The standard InChI is InChI=1S/C25H29N5O4/c1-15(2)12-19(28-23(32)16-8-10-18(26)11-9-16)25(34)30-22-20(13-27-30)29(14-21(22)31)24(33)17-6-4-3-5-7-17/h3-11,15,19-20,22,27H,12-14,26H2,1-2H3,(H,28,32)/t19?,20-,22+/m1/s1.